The summed E-state index contributed by atoms with van der Waals surface area (Å²) < 4.78 is 27.5. The van der Waals surface area contributed by atoms with Gasteiger partial charge in [-0.1, -0.05) is 30.3 Å². The van der Waals surface area contributed by atoms with Gasteiger partial charge in [-0.2, -0.15) is 4.31 Å². The van der Waals surface area contributed by atoms with Crippen molar-refractivity contribution < 1.29 is 18.0 Å². The van der Waals surface area contributed by atoms with Gasteiger partial charge in [0.25, 0.3) is 0 Å². The van der Waals surface area contributed by atoms with E-state index in [0.29, 0.717) is 13.1 Å². The van der Waals surface area contributed by atoms with Crippen LogP contribution in [-0.2, 0) is 19.6 Å². The molecule has 2 aliphatic heterocycles. The van der Waals surface area contributed by atoms with E-state index in [1.165, 1.54) is 4.31 Å². The van der Waals surface area contributed by atoms with E-state index < -0.39 is 10.0 Å². The highest BCUT2D eigenvalue weighted by molar-refractivity contribution is 7.89. The van der Waals surface area contributed by atoms with Gasteiger partial charge in [0.1, 0.15) is 0 Å². The summed E-state index contributed by atoms with van der Waals surface area (Å²) in [6.07, 6.45) is 2.49. The van der Waals surface area contributed by atoms with E-state index in [-0.39, 0.29) is 42.6 Å². The molecule has 0 aliphatic carbocycles. The Kier molecular flexibility index (Phi) is 6.06. The number of amides is 2. The normalized spacial score (nSPS) is 18.1. The lowest BCUT2D eigenvalue weighted by molar-refractivity contribution is -0.137. The summed E-state index contributed by atoms with van der Waals surface area (Å²) in [5.74, 6) is -0.0383. The minimum Gasteiger partial charge on any atom is -0.343 e. The zero-order chi connectivity index (χ0) is 21.1. The van der Waals surface area contributed by atoms with Crippen LogP contribution in [0.1, 0.15) is 25.7 Å². The molecule has 0 atom stereocenters. The molecule has 0 spiro atoms. The van der Waals surface area contributed by atoms with Crippen LogP contribution < -0.4 is 0 Å². The first-order chi connectivity index (χ1) is 14.4. The van der Waals surface area contributed by atoms with Crippen molar-refractivity contribution in [2.45, 2.75) is 30.6 Å². The Morgan fingerprint density at radius 3 is 1.93 bits per heavy atom. The number of sulfonamides is 1. The molecule has 2 amide bonds. The Balaban J connectivity index is 1.33. The summed E-state index contributed by atoms with van der Waals surface area (Å²) in [5, 5.41) is 1.88. The molecular formula is C22H27N3O4S. The number of carbonyl (C=O) groups excluding carboxylic acids is 2. The molecule has 0 saturated carbocycles. The second-order valence-electron chi connectivity index (χ2n) is 7.88. The van der Waals surface area contributed by atoms with Crippen molar-refractivity contribution in [2.24, 2.45) is 0 Å². The molecule has 4 rings (SSSR count). The van der Waals surface area contributed by atoms with Gasteiger partial charge in [0.05, 0.1) is 4.90 Å². The van der Waals surface area contributed by atoms with Gasteiger partial charge in [0.15, 0.2) is 0 Å². The average molecular weight is 430 g/mol. The van der Waals surface area contributed by atoms with E-state index in [0.717, 1.165) is 36.7 Å². The molecule has 2 saturated heterocycles. The van der Waals surface area contributed by atoms with Gasteiger partial charge in [0, 0.05) is 52.1 Å². The zero-order valence-electron chi connectivity index (χ0n) is 17.0. The fraction of sp³-hybridized carbons (Fsp3) is 0.455. The van der Waals surface area contributed by atoms with Gasteiger partial charge in [-0.05, 0) is 35.7 Å². The van der Waals surface area contributed by atoms with Gasteiger partial charge < -0.3 is 9.80 Å². The molecule has 2 aromatic rings. The smallest absolute Gasteiger partial charge is 0.243 e. The standard InChI is InChI=1S/C22H27N3O4S/c26-21(23-11-3-4-12-23)9-10-22(27)24-13-15-25(16-14-24)30(28,29)20-8-7-18-5-1-2-6-19(18)17-20/h1-2,5-8,17H,3-4,9-16H2. The average Bonchev–Trinajstić information content (AvgIpc) is 3.32. The maximum absolute atomic E-state index is 13.0. The van der Waals surface area contributed by atoms with Crippen LogP contribution in [0.4, 0.5) is 0 Å². The number of hydrogen-bond acceptors (Lipinski definition) is 4. The first-order valence-corrected chi connectivity index (χ1v) is 11.9. The van der Waals surface area contributed by atoms with Crippen LogP contribution in [0.3, 0.4) is 0 Å². The molecule has 160 valence electrons. The van der Waals surface area contributed by atoms with Crippen molar-refractivity contribution in [1.82, 2.24) is 14.1 Å². The SMILES string of the molecule is O=C(CCC(=O)N1CCN(S(=O)(=O)c2ccc3ccccc3c2)CC1)N1CCCC1. The number of fused-ring (bicyclic) bond motifs is 1. The zero-order valence-corrected chi connectivity index (χ0v) is 17.8. The maximum atomic E-state index is 13.0. The van der Waals surface area contributed by atoms with Crippen molar-refractivity contribution in [3.8, 4) is 0 Å². The minimum absolute atomic E-state index is 0.0402. The molecule has 0 bridgehead atoms. The molecule has 30 heavy (non-hydrogen) atoms. The fourth-order valence-corrected chi connectivity index (χ4v) is 5.61. The largest absolute Gasteiger partial charge is 0.343 e. The third kappa shape index (κ3) is 4.34. The highest BCUT2D eigenvalue weighted by Gasteiger charge is 2.30. The van der Waals surface area contributed by atoms with E-state index in [1.54, 1.807) is 17.0 Å². The van der Waals surface area contributed by atoms with Gasteiger partial charge in [-0.25, -0.2) is 8.42 Å². The number of likely N-dealkylation sites (tertiary alicyclic amines) is 1. The van der Waals surface area contributed by atoms with Crippen molar-refractivity contribution in [2.75, 3.05) is 39.3 Å². The summed E-state index contributed by atoms with van der Waals surface area (Å²) in [7, 11) is -3.60. The third-order valence-corrected chi connectivity index (χ3v) is 7.86. The number of hydrogen-bond donors (Lipinski definition) is 0. The van der Waals surface area contributed by atoms with Crippen LogP contribution in [0.2, 0.25) is 0 Å². The van der Waals surface area contributed by atoms with Crippen LogP contribution in [-0.4, -0.2) is 73.6 Å². The minimum atomic E-state index is -3.60. The van der Waals surface area contributed by atoms with Crippen molar-refractivity contribution in [3.63, 3.8) is 0 Å². The van der Waals surface area contributed by atoms with Crippen LogP contribution >= 0.6 is 0 Å². The molecule has 8 heteroatoms. The summed E-state index contributed by atoms with van der Waals surface area (Å²) in [6.45, 7) is 2.81. The number of rotatable bonds is 5. The van der Waals surface area contributed by atoms with Crippen LogP contribution in [0.15, 0.2) is 47.4 Å². The summed E-state index contributed by atoms with van der Waals surface area (Å²) >= 11 is 0. The Morgan fingerprint density at radius 2 is 1.30 bits per heavy atom. The van der Waals surface area contributed by atoms with Crippen molar-refractivity contribution in [3.05, 3.63) is 42.5 Å². The van der Waals surface area contributed by atoms with Gasteiger partial charge >= 0.3 is 0 Å². The number of nitrogens with zero attached hydrogens (tertiary/aromatic N) is 3. The van der Waals surface area contributed by atoms with Crippen LogP contribution in [0, 0.1) is 0 Å². The lowest BCUT2D eigenvalue weighted by Gasteiger charge is -2.34. The molecule has 2 aromatic carbocycles. The second kappa shape index (κ2) is 8.73. The Morgan fingerprint density at radius 1 is 0.733 bits per heavy atom. The predicted molar refractivity (Wildman–Crippen MR) is 114 cm³/mol. The summed E-state index contributed by atoms with van der Waals surface area (Å²) in [5.41, 5.74) is 0. The van der Waals surface area contributed by atoms with Gasteiger partial charge in [0.2, 0.25) is 21.8 Å². The van der Waals surface area contributed by atoms with Crippen molar-refractivity contribution >= 4 is 32.6 Å². The second-order valence-corrected chi connectivity index (χ2v) is 9.82. The molecule has 2 fully saturated rings. The molecule has 7 nitrogen and oxygen atoms in total. The predicted octanol–water partition coefficient (Wildman–Crippen LogP) is 2.08. The van der Waals surface area contributed by atoms with E-state index in [2.05, 4.69) is 0 Å². The molecule has 2 aliphatic rings. The first-order valence-electron chi connectivity index (χ1n) is 10.5. The van der Waals surface area contributed by atoms with Crippen molar-refractivity contribution in [1.29, 1.82) is 0 Å². The molecule has 2 heterocycles. The third-order valence-electron chi connectivity index (χ3n) is 5.96. The Labute approximate surface area is 177 Å². The maximum Gasteiger partial charge on any atom is 0.243 e. The first kappa shape index (κ1) is 20.8. The molecule has 0 unspecified atom stereocenters. The number of carbonyl (C=O) groups is 2. The Hall–Kier alpha value is -2.45. The lowest BCUT2D eigenvalue weighted by Crippen LogP contribution is -2.50. The Bertz CT molecular complexity index is 1040. The highest BCUT2D eigenvalue weighted by atomic mass is 32.2. The van der Waals surface area contributed by atoms with Gasteiger partial charge in [-0.15, -0.1) is 0 Å². The molecule has 0 aromatic heterocycles. The quantitative estimate of drug-likeness (QED) is 0.729. The van der Waals surface area contributed by atoms with Crippen LogP contribution in [0.5, 0.6) is 0 Å². The fourth-order valence-electron chi connectivity index (χ4n) is 4.15. The summed E-state index contributed by atoms with van der Waals surface area (Å²) in [4.78, 5) is 28.4. The molecular weight excluding hydrogens is 402 g/mol. The van der Waals surface area contributed by atoms with E-state index in [4.69, 9.17) is 0 Å². The summed E-state index contributed by atoms with van der Waals surface area (Å²) in [6, 6.07) is 12.8. The van der Waals surface area contributed by atoms with Gasteiger partial charge in [-0.3, -0.25) is 9.59 Å². The number of benzene rings is 2. The van der Waals surface area contributed by atoms with E-state index >= 15 is 0 Å². The van der Waals surface area contributed by atoms with E-state index in [1.807, 2.05) is 35.2 Å². The van der Waals surface area contributed by atoms with E-state index in [9.17, 15) is 18.0 Å². The number of piperazine rings is 1. The topological polar surface area (TPSA) is 78.0 Å². The monoisotopic (exact) mass is 429 g/mol. The van der Waals surface area contributed by atoms with Crippen LogP contribution in [0.25, 0.3) is 10.8 Å². The molecule has 0 N–H and O–H groups in total. The lowest BCUT2D eigenvalue weighted by atomic mass is 10.1. The molecule has 0 radical (unpaired) electrons. The highest BCUT2D eigenvalue weighted by Crippen LogP contribution is 2.23.